The van der Waals surface area contributed by atoms with E-state index in [0.29, 0.717) is 4.88 Å². The number of aromatic nitrogens is 1. The van der Waals surface area contributed by atoms with Gasteiger partial charge in [-0.25, -0.2) is 9.78 Å². The monoisotopic (exact) mass is 240 g/mol. The number of hydrogen-bond acceptors (Lipinski definition) is 4. The Hall–Kier alpha value is -1.10. The largest absolute Gasteiger partial charge is 0.477 e. The number of aromatic carboxylic acids is 1. The lowest BCUT2D eigenvalue weighted by atomic mass is 10.1. The number of anilines is 1. The van der Waals surface area contributed by atoms with Crippen molar-refractivity contribution in [3.63, 3.8) is 0 Å². The Bertz CT molecular complexity index is 357. The standard InChI is InChI=1S/C11H16N2O2S/c14-10(15)9-8-12-11(16-9)13-6-4-2-1-3-5-7-13/h8H,1-7H2,(H,14,15). The van der Waals surface area contributed by atoms with Crippen LogP contribution in [0.25, 0.3) is 0 Å². The molecular formula is C11H16N2O2S. The number of nitrogens with zero attached hydrogens (tertiary/aromatic N) is 2. The summed E-state index contributed by atoms with van der Waals surface area (Å²) in [5.41, 5.74) is 0. The third-order valence-corrected chi connectivity index (χ3v) is 3.88. The molecule has 0 saturated carbocycles. The average molecular weight is 240 g/mol. The van der Waals surface area contributed by atoms with Gasteiger partial charge in [-0.3, -0.25) is 0 Å². The minimum Gasteiger partial charge on any atom is -0.477 e. The number of carbonyl (C=O) groups is 1. The van der Waals surface area contributed by atoms with Gasteiger partial charge in [0.1, 0.15) is 4.88 Å². The molecule has 1 aromatic rings. The SMILES string of the molecule is O=C(O)c1cnc(N2CCCCCCC2)s1. The first-order valence-corrected chi connectivity index (χ1v) is 6.53. The molecule has 1 fully saturated rings. The molecule has 5 heteroatoms. The Morgan fingerprint density at radius 1 is 1.25 bits per heavy atom. The van der Waals surface area contributed by atoms with Gasteiger partial charge in [-0.1, -0.05) is 30.6 Å². The summed E-state index contributed by atoms with van der Waals surface area (Å²) in [6.45, 7) is 2.01. The van der Waals surface area contributed by atoms with Crippen molar-refractivity contribution >= 4 is 22.4 Å². The molecule has 0 radical (unpaired) electrons. The van der Waals surface area contributed by atoms with Crippen LogP contribution in [0.3, 0.4) is 0 Å². The maximum atomic E-state index is 10.8. The van der Waals surface area contributed by atoms with Crippen molar-refractivity contribution in [3.8, 4) is 0 Å². The van der Waals surface area contributed by atoms with E-state index in [9.17, 15) is 4.79 Å². The molecule has 1 saturated heterocycles. The molecule has 88 valence electrons. The van der Waals surface area contributed by atoms with Gasteiger partial charge in [-0.05, 0) is 12.8 Å². The highest BCUT2D eigenvalue weighted by Crippen LogP contribution is 2.24. The Balaban J connectivity index is 2.05. The van der Waals surface area contributed by atoms with Gasteiger partial charge in [0.05, 0.1) is 6.20 Å². The Morgan fingerprint density at radius 3 is 2.44 bits per heavy atom. The number of hydrogen-bond donors (Lipinski definition) is 1. The molecular weight excluding hydrogens is 224 g/mol. The van der Waals surface area contributed by atoms with E-state index < -0.39 is 5.97 Å². The third kappa shape index (κ3) is 2.72. The molecule has 1 aliphatic heterocycles. The topological polar surface area (TPSA) is 53.4 Å². The molecule has 0 unspecified atom stereocenters. The van der Waals surface area contributed by atoms with E-state index in [0.717, 1.165) is 18.2 Å². The van der Waals surface area contributed by atoms with E-state index >= 15 is 0 Å². The van der Waals surface area contributed by atoms with E-state index in [2.05, 4.69) is 9.88 Å². The molecule has 0 bridgehead atoms. The van der Waals surface area contributed by atoms with Gasteiger partial charge < -0.3 is 10.0 Å². The number of rotatable bonds is 2. The Labute approximate surface area is 98.9 Å². The lowest BCUT2D eigenvalue weighted by molar-refractivity contribution is 0.0702. The highest BCUT2D eigenvalue weighted by atomic mass is 32.1. The maximum Gasteiger partial charge on any atom is 0.347 e. The summed E-state index contributed by atoms with van der Waals surface area (Å²) in [6.07, 6.45) is 7.69. The first-order chi connectivity index (χ1) is 7.77. The van der Waals surface area contributed by atoms with E-state index in [1.807, 2.05) is 0 Å². The number of thiazole rings is 1. The molecule has 0 spiro atoms. The third-order valence-electron chi connectivity index (χ3n) is 2.83. The van der Waals surface area contributed by atoms with Crippen molar-refractivity contribution in [2.75, 3.05) is 18.0 Å². The first kappa shape index (κ1) is 11.4. The van der Waals surface area contributed by atoms with Crippen LogP contribution in [0.1, 0.15) is 41.8 Å². The summed E-state index contributed by atoms with van der Waals surface area (Å²) in [4.78, 5) is 17.5. The van der Waals surface area contributed by atoms with Crippen LogP contribution in [-0.4, -0.2) is 29.1 Å². The first-order valence-electron chi connectivity index (χ1n) is 5.71. The van der Waals surface area contributed by atoms with Gasteiger partial charge in [0, 0.05) is 13.1 Å². The van der Waals surface area contributed by atoms with Gasteiger partial charge in [0.25, 0.3) is 0 Å². The second kappa shape index (κ2) is 5.30. The van der Waals surface area contributed by atoms with Crippen LogP contribution in [-0.2, 0) is 0 Å². The fraction of sp³-hybridized carbons (Fsp3) is 0.636. The summed E-state index contributed by atoms with van der Waals surface area (Å²) in [5, 5.41) is 9.71. The van der Waals surface area contributed by atoms with Crippen molar-refractivity contribution in [2.24, 2.45) is 0 Å². The molecule has 2 rings (SSSR count). The van der Waals surface area contributed by atoms with Crippen molar-refractivity contribution in [1.82, 2.24) is 4.98 Å². The summed E-state index contributed by atoms with van der Waals surface area (Å²) >= 11 is 1.28. The molecule has 2 heterocycles. The normalized spacial score (nSPS) is 17.9. The fourth-order valence-electron chi connectivity index (χ4n) is 1.95. The minimum atomic E-state index is -0.879. The summed E-state index contributed by atoms with van der Waals surface area (Å²) in [5.74, 6) is -0.879. The predicted molar refractivity (Wildman–Crippen MR) is 64.4 cm³/mol. The zero-order chi connectivity index (χ0) is 11.4. The highest BCUT2D eigenvalue weighted by Gasteiger charge is 2.15. The van der Waals surface area contributed by atoms with Crippen molar-refractivity contribution in [3.05, 3.63) is 11.1 Å². The molecule has 1 aliphatic rings. The minimum absolute atomic E-state index is 0.331. The van der Waals surface area contributed by atoms with Crippen LogP contribution in [0.4, 0.5) is 5.13 Å². The second-order valence-electron chi connectivity index (χ2n) is 4.07. The van der Waals surface area contributed by atoms with Gasteiger partial charge in [0.2, 0.25) is 0 Å². The van der Waals surface area contributed by atoms with Crippen LogP contribution in [0.5, 0.6) is 0 Å². The van der Waals surface area contributed by atoms with Crippen LogP contribution >= 0.6 is 11.3 Å². The van der Waals surface area contributed by atoms with E-state index in [1.54, 1.807) is 0 Å². The van der Waals surface area contributed by atoms with Crippen LogP contribution in [0.2, 0.25) is 0 Å². The van der Waals surface area contributed by atoms with Crippen LogP contribution in [0.15, 0.2) is 6.20 Å². The quantitative estimate of drug-likeness (QED) is 0.863. The maximum absolute atomic E-state index is 10.8. The lowest BCUT2D eigenvalue weighted by Gasteiger charge is -2.23. The number of carboxylic acids is 1. The zero-order valence-electron chi connectivity index (χ0n) is 9.19. The molecule has 0 aromatic carbocycles. The summed E-state index contributed by atoms with van der Waals surface area (Å²) in [7, 11) is 0. The lowest BCUT2D eigenvalue weighted by Crippen LogP contribution is -2.26. The fourth-order valence-corrected chi connectivity index (χ4v) is 2.76. The molecule has 1 N–H and O–H groups in total. The van der Waals surface area contributed by atoms with Gasteiger partial charge >= 0.3 is 5.97 Å². The van der Waals surface area contributed by atoms with E-state index in [4.69, 9.17) is 5.11 Å². The molecule has 4 nitrogen and oxygen atoms in total. The highest BCUT2D eigenvalue weighted by molar-refractivity contribution is 7.17. The molecule has 0 atom stereocenters. The van der Waals surface area contributed by atoms with Crippen molar-refractivity contribution in [2.45, 2.75) is 32.1 Å². The second-order valence-corrected chi connectivity index (χ2v) is 5.08. The molecule has 16 heavy (non-hydrogen) atoms. The smallest absolute Gasteiger partial charge is 0.347 e. The average Bonchev–Trinajstić information content (AvgIpc) is 2.66. The van der Waals surface area contributed by atoms with Gasteiger partial charge in [-0.15, -0.1) is 0 Å². The predicted octanol–water partition coefficient (Wildman–Crippen LogP) is 2.61. The molecule has 0 amide bonds. The molecule has 0 aliphatic carbocycles. The van der Waals surface area contributed by atoms with Gasteiger partial charge in [0.15, 0.2) is 5.13 Å². The summed E-state index contributed by atoms with van der Waals surface area (Å²) in [6, 6.07) is 0. The van der Waals surface area contributed by atoms with Crippen molar-refractivity contribution in [1.29, 1.82) is 0 Å². The van der Waals surface area contributed by atoms with Gasteiger partial charge in [-0.2, -0.15) is 0 Å². The Morgan fingerprint density at radius 2 is 1.88 bits per heavy atom. The zero-order valence-corrected chi connectivity index (χ0v) is 10.0. The van der Waals surface area contributed by atoms with E-state index in [-0.39, 0.29) is 0 Å². The van der Waals surface area contributed by atoms with Crippen molar-refractivity contribution < 1.29 is 9.90 Å². The van der Waals surface area contributed by atoms with Crippen LogP contribution < -0.4 is 4.90 Å². The van der Waals surface area contributed by atoms with E-state index in [1.165, 1.54) is 49.6 Å². The van der Waals surface area contributed by atoms with Crippen LogP contribution in [0, 0.1) is 0 Å². The summed E-state index contributed by atoms with van der Waals surface area (Å²) < 4.78 is 0. The number of carboxylic acid groups (broad SMARTS) is 1. The molecule has 1 aromatic heterocycles. The Kier molecular flexibility index (Phi) is 3.77.